The number of ether oxygens (including phenoxy) is 2. The fourth-order valence-electron chi connectivity index (χ4n) is 3.65. The number of aliphatic carboxylic acids is 1. The highest BCUT2D eigenvalue weighted by atomic mass is 16.6. The third kappa shape index (κ3) is 4.02. The Kier molecular flexibility index (Phi) is 5.30. The van der Waals surface area contributed by atoms with Crippen molar-refractivity contribution in [2.24, 2.45) is 0 Å². The molecule has 0 heterocycles. The van der Waals surface area contributed by atoms with Gasteiger partial charge in [0, 0.05) is 12.5 Å². The van der Waals surface area contributed by atoms with Crippen molar-refractivity contribution < 1.29 is 24.2 Å². The van der Waals surface area contributed by atoms with Crippen molar-refractivity contribution in [2.75, 3.05) is 26.3 Å². The molecule has 2 aliphatic carbocycles. The van der Waals surface area contributed by atoms with Crippen molar-refractivity contribution >= 4 is 12.1 Å². The van der Waals surface area contributed by atoms with Gasteiger partial charge in [0.25, 0.3) is 0 Å². The Morgan fingerprint density at radius 2 is 1.61 bits per heavy atom. The summed E-state index contributed by atoms with van der Waals surface area (Å²) in [5.41, 5.74) is 4.55. The summed E-state index contributed by atoms with van der Waals surface area (Å²) in [6.07, 6.45) is 1.70. The van der Waals surface area contributed by atoms with Gasteiger partial charge in [0.15, 0.2) is 0 Å². The van der Waals surface area contributed by atoms with Crippen molar-refractivity contribution in [1.82, 2.24) is 4.90 Å². The minimum atomic E-state index is -1.07. The predicted molar refractivity (Wildman–Crippen MR) is 103 cm³/mol. The summed E-state index contributed by atoms with van der Waals surface area (Å²) in [5, 5.41) is 9.10. The van der Waals surface area contributed by atoms with Gasteiger partial charge < -0.3 is 14.6 Å². The molecule has 6 heteroatoms. The standard InChI is InChI=1S/C22H23NO5/c24-21(25)13-23(11-12-27-15-9-10-15)22(26)28-14-20-18-7-3-1-5-16(18)17-6-2-4-8-19(17)20/h1-8,15,20H,9-14H2,(H,24,25). The molecule has 2 aromatic rings. The summed E-state index contributed by atoms with van der Waals surface area (Å²) >= 11 is 0. The minimum absolute atomic E-state index is 0.0502. The summed E-state index contributed by atoms with van der Waals surface area (Å²) in [6, 6.07) is 16.2. The molecule has 0 aliphatic heterocycles. The molecule has 0 bridgehead atoms. The molecule has 0 spiro atoms. The van der Waals surface area contributed by atoms with E-state index in [0.717, 1.165) is 35.1 Å². The van der Waals surface area contributed by atoms with Crippen LogP contribution in [-0.2, 0) is 14.3 Å². The molecule has 28 heavy (non-hydrogen) atoms. The Labute approximate surface area is 163 Å². The number of benzene rings is 2. The van der Waals surface area contributed by atoms with Gasteiger partial charge in [-0.2, -0.15) is 0 Å². The van der Waals surface area contributed by atoms with Gasteiger partial charge in [-0.1, -0.05) is 48.5 Å². The fourth-order valence-corrected chi connectivity index (χ4v) is 3.65. The third-order valence-electron chi connectivity index (χ3n) is 5.16. The molecule has 1 amide bonds. The average Bonchev–Trinajstić information content (AvgIpc) is 3.46. The first kappa shape index (κ1) is 18.5. The van der Waals surface area contributed by atoms with E-state index in [1.54, 1.807) is 0 Å². The number of fused-ring (bicyclic) bond motifs is 3. The van der Waals surface area contributed by atoms with Gasteiger partial charge in [-0.15, -0.1) is 0 Å². The van der Waals surface area contributed by atoms with E-state index in [0.29, 0.717) is 6.61 Å². The van der Waals surface area contributed by atoms with E-state index in [-0.39, 0.29) is 25.2 Å². The maximum Gasteiger partial charge on any atom is 0.410 e. The molecule has 0 radical (unpaired) electrons. The Bertz CT molecular complexity index is 831. The van der Waals surface area contributed by atoms with Gasteiger partial charge in [0.2, 0.25) is 0 Å². The lowest BCUT2D eigenvalue weighted by Crippen LogP contribution is -2.39. The molecular formula is C22H23NO5. The molecule has 0 unspecified atom stereocenters. The van der Waals surface area contributed by atoms with Gasteiger partial charge >= 0.3 is 12.1 Å². The largest absolute Gasteiger partial charge is 0.480 e. The van der Waals surface area contributed by atoms with Crippen molar-refractivity contribution in [3.8, 4) is 11.1 Å². The van der Waals surface area contributed by atoms with E-state index in [1.165, 1.54) is 4.90 Å². The molecule has 1 fully saturated rings. The van der Waals surface area contributed by atoms with Crippen LogP contribution in [0, 0.1) is 0 Å². The Morgan fingerprint density at radius 3 is 2.18 bits per heavy atom. The van der Waals surface area contributed by atoms with E-state index in [9.17, 15) is 9.59 Å². The molecule has 2 aliphatic rings. The molecular weight excluding hydrogens is 358 g/mol. The predicted octanol–water partition coefficient (Wildman–Crippen LogP) is 3.50. The van der Waals surface area contributed by atoms with Gasteiger partial charge in [-0.3, -0.25) is 9.69 Å². The van der Waals surface area contributed by atoms with Crippen molar-refractivity contribution in [3.63, 3.8) is 0 Å². The number of nitrogens with zero attached hydrogens (tertiary/aromatic N) is 1. The van der Waals surface area contributed by atoms with Crippen LogP contribution in [0.15, 0.2) is 48.5 Å². The number of hydrogen-bond acceptors (Lipinski definition) is 4. The van der Waals surface area contributed by atoms with E-state index in [1.807, 2.05) is 36.4 Å². The molecule has 1 N–H and O–H groups in total. The Hall–Kier alpha value is -2.86. The summed E-state index contributed by atoms with van der Waals surface area (Å²) in [7, 11) is 0. The van der Waals surface area contributed by atoms with Crippen LogP contribution in [0.1, 0.15) is 29.9 Å². The van der Waals surface area contributed by atoms with Crippen LogP contribution >= 0.6 is 0 Å². The monoisotopic (exact) mass is 381 g/mol. The zero-order valence-electron chi connectivity index (χ0n) is 15.5. The highest BCUT2D eigenvalue weighted by Gasteiger charge is 2.30. The molecule has 146 valence electrons. The third-order valence-corrected chi connectivity index (χ3v) is 5.16. The van der Waals surface area contributed by atoms with Crippen LogP contribution in [0.2, 0.25) is 0 Å². The highest BCUT2D eigenvalue weighted by molar-refractivity contribution is 5.79. The van der Waals surface area contributed by atoms with E-state index in [4.69, 9.17) is 14.6 Å². The first-order valence-corrected chi connectivity index (χ1v) is 9.57. The van der Waals surface area contributed by atoms with Gasteiger partial charge in [-0.05, 0) is 35.1 Å². The van der Waals surface area contributed by atoms with Gasteiger partial charge in [0.05, 0.1) is 12.7 Å². The fraction of sp³-hybridized carbons (Fsp3) is 0.364. The molecule has 2 aromatic carbocycles. The number of carboxylic acid groups (broad SMARTS) is 1. The first-order chi connectivity index (χ1) is 13.6. The van der Waals surface area contributed by atoms with Crippen LogP contribution in [0.3, 0.4) is 0 Å². The van der Waals surface area contributed by atoms with E-state index in [2.05, 4.69) is 12.1 Å². The summed E-state index contributed by atoms with van der Waals surface area (Å²) < 4.78 is 11.1. The molecule has 4 rings (SSSR count). The van der Waals surface area contributed by atoms with Crippen molar-refractivity contribution in [3.05, 3.63) is 59.7 Å². The molecule has 1 saturated carbocycles. The second kappa shape index (κ2) is 8.02. The van der Waals surface area contributed by atoms with Crippen LogP contribution in [0.4, 0.5) is 4.79 Å². The summed E-state index contributed by atoms with van der Waals surface area (Å²) in [4.78, 5) is 24.8. The minimum Gasteiger partial charge on any atom is -0.480 e. The Balaban J connectivity index is 1.43. The van der Waals surface area contributed by atoms with Crippen LogP contribution in [0.5, 0.6) is 0 Å². The quantitative estimate of drug-likeness (QED) is 0.757. The number of carbonyl (C=O) groups excluding carboxylic acids is 1. The molecule has 0 atom stereocenters. The van der Waals surface area contributed by atoms with Gasteiger partial charge in [-0.25, -0.2) is 4.79 Å². The van der Waals surface area contributed by atoms with Crippen molar-refractivity contribution in [2.45, 2.75) is 24.9 Å². The lowest BCUT2D eigenvalue weighted by Gasteiger charge is -2.22. The SMILES string of the molecule is O=C(O)CN(CCOC1CC1)C(=O)OCC1c2ccccc2-c2ccccc21. The van der Waals surface area contributed by atoms with Gasteiger partial charge in [0.1, 0.15) is 13.2 Å². The maximum absolute atomic E-state index is 12.5. The zero-order chi connectivity index (χ0) is 19.5. The molecule has 6 nitrogen and oxygen atoms in total. The molecule has 0 saturated heterocycles. The number of hydrogen-bond donors (Lipinski definition) is 1. The summed E-state index contributed by atoms with van der Waals surface area (Å²) in [6.45, 7) is 0.304. The lowest BCUT2D eigenvalue weighted by atomic mass is 9.98. The van der Waals surface area contributed by atoms with Crippen molar-refractivity contribution in [1.29, 1.82) is 0 Å². The van der Waals surface area contributed by atoms with Crippen LogP contribution in [0.25, 0.3) is 11.1 Å². The highest BCUT2D eigenvalue weighted by Crippen LogP contribution is 2.44. The second-order valence-corrected chi connectivity index (χ2v) is 7.19. The maximum atomic E-state index is 12.5. The Morgan fingerprint density at radius 1 is 1.00 bits per heavy atom. The smallest absolute Gasteiger partial charge is 0.410 e. The lowest BCUT2D eigenvalue weighted by molar-refractivity contribution is -0.138. The normalized spacial score (nSPS) is 15.0. The van der Waals surface area contributed by atoms with E-state index >= 15 is 0 Å². The topological polar surface area (TPSA) is 76.1 Å². The second-order valence-electron chi connectivity index (χ2n) is 7.19. The van der Waals surface area contributed by atoms with Crippen LogP contribution < -0.4 is 0 Å². The average molecular weight is 381 g/mol. The molecule has 0 aromatic heterocycles. The zero-order valence-corrected chi connectivity index (χ0v) is 15.5. The summed E-state index contributed by atoms with van der Waals surface area (Å²) in [5.74, 6) is -1.12. The number of amides is 1. The first-order valence-electron chi connectivity index (χ1n) is 9.57. The number of carbonyl (C=O) groups is 2. The van der Waals surface area contributed by atoms with E-state index < -0.39 is 18.6 Å². The van der Waals surface area contributed by atoms with Crippen LogP contribution in [-0.4, -0.2) is 54.5 Å². The number of carboxylic acids is 1. The number of rotatable bonds is 8.